The zero-order valence-electron chi connectivity index (χ0n) is 38.2. The van der Waals surface area contributed by atoms with Crippen molar-refractivity contribution in [2.24, 2.45) is 0 Å². The number of aryl methyl sites for hydroxylation is 2. The molecule has 1 aromatic carbocycles. The van der Waals surface area contributed by atoms with E-state index in [1.54, 1.807) is 20.9 Å². The van der Waals surface area contributed by atoms with E-state index in [4.69, 9.17) is 8.75 Å². The Labute approximate surface area is 372 Å². The van der Waals surface area contributed by atoms with E-state index in [9.17, 15) is 0 Å². The predicted octanol–water partition coefficient (Wildman–Crippen LogP) is 17.5. The van der Waals surface area contributed by atoms with E-state index in [0.29, 0.717) is 0 Å². The van der Waals surface area contributed by atoms with Gasteiger partial charge in [-0.25, -0.2) is 0 Å². The maximum atomic E-state index is 5.22. The van der Waals surface area contributed by atoms with Crippen molar-refractivity contribution in [1.82, 2.24) is 8.75 Å². The van der Waals surface area contributed by atoms with Crippen LogP contribution in [-0.4, -0.2) is 45.5 Å². The third kappa shape index (κ3) is 13.8. The molecule has 57 heavy (non-hydrogen) atoms. The van der Waals surface area contributed by atoms with Crippen LogP contribution in [0.25, 0.3) is 31.9 Å². The van der Waals surface area contributed by atoms with E-state index in [2.05, 4.69) is 102 Å². The van der Waals surface area contributed by atoms with Gasteiger partial charge in [-0.05, 0) is 0 Å². The molecule has 7 heteroatoms. The minimum atomic E-state index is -2.61. The molecular formula is C50H84N2S3Sn2. The third-order valence-corrected chi connectivity index (χ3v) is 52.6. The van der Waals surface area contributed by atoms with Gasteiger partial charge >= 0.3 is 376 Å². The third-order valence-electron chi connectivity index (χ3n) is 13.2. The number of unbranched alkanes of at least 4 members (excludes halogenated alkanes) is 12. The van der Waals surface area contributed by atoms with Crippen molar-refractivity contribution in [2.75, 3.05) is 0 Å². The van der Waals surface area contributed by atoms with Crippen LogP contribution in [0, 0.1) is 0 Å². The Kier molecular flexibility index (Phi) is 23.7. The number of aromatic nitrogens is 2. The number of fused-ring (bicyclic) bond motifs is 1. The van der Waals surface area contributed by atoms with Gasteiger partial charge in [0.05, 0.1) is 0 Å². The van der Waals surface area contributed by atoms with Crippen LogP contribution < -0.4 is 5.79 Å². The number of rotatable bonds is 32. The molecule has 0 radical (unpaired) electrons. The van der Waals surface area contributed by atoms with Crippen molar-refractivity contribution >= 4 is 88.0 Å². The Morgan fingerprint density at radius 2 is 0.719 bits per heavy atom. The topological polar surface area (TPSA) is 25.8 Å². The molecule has 0 amide bonds. The van der Waals surface area contributed by atoms with Crippen LogP contribution in [0.4, 0.5) is 0 Å². The number of thiophene rings is 2. The Morgan fingerprint density at radius 1 is 0.404 bits per heavy atom. The van der Waals surface area contributed by atoms with Gasteiger partial charge in [0.1, 0.15) is 0 Å². The molecule has 0 aliphatic heterocycles. The van der Waals surface area contributed by atoms with Gasteiger partial charge in [-0.1, -0.05) is 0 Å². The van der Waals surface area contributed by atoms with Gasteiger partial charge < -0.3 is 0 Å². The van der Waals surface area contributed by atoms with Crippen molar-refractivity contribution < 1.29 is 0 Å². The van der Waals surface area contributed by atoms with E-state index in [0.717, 1.165) is 0 Å². The average Bonchev–Trinajstić information content (AvgIpc) is 4.01. The van der Waals surface area contributed by atoms with Gasteiger partial charge in [-0.15, -0.1) is 0 Å². The molecule has 0 aliphatic carbocycles. The first kappa shape index (κ1) is 49.7. The average molecular weight is 1050 g/mol. The zero-order valence-corrected chi connectivity index (χ0v) is 46.4. The van der Waals surface area contributed by atoms with E-state index >= 15 is 0 Å². The van der Waals surface area contributed by atoms with E-state index in [1.165, 1.54) is 202 Å². The van der Waals surface area contributed by atoms with Crippen LogP contribution in [0.5, 0.6) is 0 Å². The summed E-state index contributed by atoms with van der Waals surface area (Å²) in [6, 6.07) is 10.6. The van der Waals surface area contributed by atoms with Gasteiger partial charge in [-0.3, -0.25) is 0 Å². The van der Waals surface area contributed by atoms with Crippen molar-refractivity contribution in [1.29, 1.82) is 0 Å². The molecule has 0 aliphatic rings. The van der Waals surface area contributed by atoms with E-state index in [1.807, 2.05) is 5.79 Å². The first-order valence-corrected chi connectivity index (χ1v) is 41.8. The summed E-state index contributed by atoms with van der Waals surface area (Å²) in [5.74, 6) is 0. The van der Waals surface area contributed by atoms with Crippen LogP contribution in [0.2, 0.25) is 26.6 Å². The summed E-state index contributed by atoms with van der Waals surface area (Å²) < 4.78 is 23.4. The zero-order chi connectivity index (χ0) is 40.9. The summed E-state index contributed by atoms with van der Waals surface area (Å²) in [6.07, 6.45) is 29.5. The molecule has 0 N–H and O–H groups in total. The first-order chi connectivity index (χ1) is 27.9. The summed E-state index contributed by atoms with van der Waals surface area (Å²) in [5.41, 5.74) is 8.40. The Bertz CT molecular complexity index is 1520. The normalized spacial score (nSPS) is 12.4. The molecule has 0 saturated carbocycles. The fourth-order valence-corrected chi connectivity index (χ4v) is 50.9. The molecule has 4 aromatic rings. The summed E-state index contributed by atoms with van der Waals surface area (Å²) in [5, 5.41) is 0. The van der Waals surface area contributed by atoms with Crippen LogP contribution in [0.3, 0.4) is 0 Å². The Hall–Kier alpha value is 0.0374. The molecule has 0 spiro atoms. The Balaban J connectivity index is 1.91. The molecule has 0 unspecified atom stereocenters. The molecule has 4 rings (SSSR count). The number of benzene rings is 1. The molecule has 3 heterocycles. The molecule has 0 fully saturated rings. The second kappa shape index (κ2) is 27.2. The van der Waals surface area contributed by atoms with Crippen molar-refractivity contribution in [3.05, 3.63) is 35.4 Å². The minimum absolute atomic E-state index is 1.18. The number of nitrogens with zero attached hydrogens (tertiary/aromatic N) is 2. The summed E-state index contributed by atoms with van der Waals surface area (Å²) in [7, 11) is 0. The SMILES string of the molecule is CCCCCCc1c[c]([Sn]([CH2]CCC)([CH2]CCC)[CH2]CCC)sc1-c1ccc(-c2s[c]([Sn]([CH2]CCC)([CH2]CCC)[CH2]CCC)cc2CCCCCC)c2nsnc12. The fourth-order valence-electron chi connectivity index (χ4n) is 9.51. The second-order valence-corrected chi connectivity index (χ2v) is 48.8. The van der Waals surface area contributed by atoms with E-state index in [-0.39, 0.29) is 0 Å². The van der Waals surface area contributed by atoms with Crippen LogP contribution in [-0.2, 0) is 12.8 Å². The van der Waals surface area contributed by atoms with Gasteiger partial charge in [0, 0.05) is 0 Å². The predicted molar refractivity (Wildman–Crippen MR) is 269 cm³/mol. The van der Waals surface area contributed by atoms with Crippen LogP contribution >= 0.6 is 34.4 Å². The molecule has 2 nitrogen and oxygen atoms in total. The molecule has 0 atom stereocenters. The van der Waals surface area contributed by atoms with Gasteiger partial charge in [-0.2, -0.15) is 0 Å². The maximum absolute atomic E-state index is 5.22. The van der Waals surface area contributed by atoms with E-state index < -0.39 is 36.8 Å². The summed E-state index contributed by atoms with van der Waals surface area (Å²) in [6.45, 7) is 19.2. The standard InChI is InChI=1S/C26H30N2S3.6C4H9.2Sn/c1-3-5-7-9-11-19-15-17-29-25(19)21-13-14-22(24-23(21)27-31-28-24)26-20(16-18-30-26)12-10-8-6-4-2;6*1-3-4-2;;/h13-16H,3-12H2,1-2H3;6*1,3-4H2,2H3;;. The monoisotopic (exact) mass is 1050 g/mol. The van der Waals surface area contributed by atoms with Crippen molar-refractivity contribution in [3.8, 4) is 20.9 Å². The van der Waals surface area contributed by atoms with Gasteiger partial charge in [0.2, 0.25) is 0 Å². The quantitative estimate of drug-likeness (QED) is 0.0360. The molecule has 320 valence electrons. The van der Waals surface area contributed by atoms with Gasteiger partial charge in [0.15, 0.2) is 0 Å². The molecular weight excluding hydrogens is 962 g/mol. The number of hydrogen-bond donors (Lipinski definition) is 0. The fraction of sp³-hybridized carbons (Fsp3) is 0.720. The molecule has 3 aromatic heterocycles. The summed E-state index contributed by atoms with van der Waals surface area (Å²) >= 11 is 0.724. The van der Waals surface area contributed by atoms with Crippen molar-refractivity contribution in [3.63, 3.8) is 0 Å². The first-order valence-electron chi connectivity index (χ1n) is 24.4. The Morgan fingerprint density at radius 3 is 1.02 bits per heavy atom. The van der Waals surface area contributed by atoms with Crippen molar-refractivity contribution in [2.45, 2.75) is 223 Å². The number of hydrogen-bond acceptors (Lipinski definition) is 5. The van der Waals surface area contributed by atoms with Crippen LogP contribution in [0.15, 0.2) is 24.3 Å². The van der Waals surface area contributed by atoms with Gasteiger partial charge in [0.25, 0.3) is 0 Å². The molecule has 0 saturated heterocycles. The van der Waals surface area contributed by atoms with Crippen LogP contribution in [0.1, 0.15) is 195 Å². The molecule has 0 bridgehead atoms. The summed E-state index contributed by atoms with van der Waals surface area (Å²) in [4.78, 5) is 3.11. The second-order valence-electron chi connectivity index (χ2n) is 17.9.